The van der Waals surface area contributed by atoms with Gasteiger partial charge in [-0.2, -0.15) is 16.3 Å². The minimum atomic E-state index is -0.0780. The maximum Gasteiger partial charge on any atom is 0.269 e. The summed E-state index contributed by atoms with van der Waals surface area (Å²) in [7, 11) is 2.91. The van der Waals surface area contributed by atoms with Crippen molar-refractivity contribution in [3.8, 4) is 28.6 Å². The van der Waals surface area contributed by atoms with Crippen LogP contribution in [-0.4, -0.2) is 29.5 Å². The molecule has 3 rings (SSSR count). The van der Waals surface area contributed by atoms with Crippen molar-refractivity contribution in [3.05, 3.63) is 40.4 Å². The maximum atomic E-state index is 9.93. The first kappa shape index (κ1) is 16.4. The van der Waals surface area contributed by atoms with Crippen LogP contribution >= 0.6 is 22.9 Å². The molecule has 3 aromatic rings. The number of nitrogens with zero attached hydrogens (tertiary/aromatic N) is 2. The van der Waals surface area contributed by atoms with Crippen LogP contribution in [0.1, 0.15) is 11.5 Å². The van der Waals surface area contributed by atoms with Crippen LogP contribution in [0.25, 0.3) is 22.5 Å². The van der Waals surface area contributed by atoms with Crippen LogP contribution in [0.15, 0.2) is 33.5 Å². The molecule has 124 valence electrons. The van der Waals surface area contributed by atoms with Crippen LogP contribution in [0.4, 0.5) is 0 Å². The number of hydrogen-bond donors (Lipinski definition) is 1. The van der Waals surface area contributed by atoms with Crippen LogP contribution in [0.2, 0.25) is 0 Å². The number of phenols is 1. The third-order valence-corrected chi connectivity index (χ3v) is 4.16. The first-order valence-corrected chi connectivity index (χ1v) is 8.13. The molecule has 2 aromatic heterocycles. The smallest absolute Gasteiger partial charge is 0.269 e. The lowest BCUT2D eigenvalue weighted by Crippen LogP contribution is -1.90. The van der Waals surface area contributed by atoms with E-state index in [1.54, 1.807) is 29.5 Å². The summed E-state index contributed by atoms with van der Waals surface area (Å²) in [6.07, 6.45) is 1.62. The van der Waals surface area contributed by atoms with Gasteiger partial charge in [0.2, 0.25) is 11.6 Å². The van der Waals surface area contributed by atoms with E-state index in [9.17, 15) is 5.11 Å². The first-order chi connectivity index (χ1) is 11.6. The fourth-order valence-electron chi connectivity index (χ4n) is 2.03. The summed E-state index contributed by atoms with van der Waals surface area (Å²) in [5, 5.41) is 17.9. The van der Waals surface area contributed by atoms with E-state index < -0.39 is 0 Å². The van der Waals surface area contributed by atoms with E-state index in [1.807, 2.05) is 16.8 Å². The quantitative estimate of drug-likeness (QED) is 0.728. The van der Waals surface area contributed by atoms with Crippen molar-refractivity contribution in [1.82, 2.24) is 10.1 Å². The molecule has 8 heteroatoms. The second-order valence-corrected chi connectivity index (χ2v) is 5.89. The highest BCUT2D eigenvalue weighted by molar-refractivity contribution is 7.08. The van der Waals surface area contributed by atoms with E-state index in [-0.39, 0.29) is 28.2 Å². The van der Waals surface area contributed by atoms with Gasteiger partial charge in [0, 0.05) is 10.9 Å². The Hall–Kier alpha value is -2.51. The number of thiophene rings is 1. The largest absolute Gasteiger partial charge is 0.502 e. The Kier molecular flexibility index (Phi) is 4.73. The molecule has 0 radical (unpaired) electrons. The molecule has 24 heavy (non-hydrogen) atoms. The number of benzene rings is 1. The summed E-state index contributed by atoms with van der Waals surface area (Å²) >= 11 is 7.81. The van der Waals surface area contributed by atoms with E-state index in [0.29, 0.717) is 11.4 Å². The number of phenolic OH excluding ortho intramolecular Hbond substituents is 1. The molecular formula is C16H13ClN2O4S. The molecule has 0 aliphatic heterocycles. The van der Waals surface area contributed by atoms with Gasteiger partial charge in [0.05, 0.1) is 14.2 Å². The third kappa shape index (κ3) is 3.22. The second-order valence-electron chi connectivity index (χ2n) is 4.70. The fraction of sp³-hybridized carbons (Fsp3) is 0.125. The Morgan fingerprint density at radius 1 is 1.29 bits per heavy atom. The van der Waals surface area contributed by atoms with Crippen molar-refractivity contribution in [3.63, 3.8) is 0 Å². The normalized spacial score (nSPS) is 11.5. The Morgan fingerprint density at radius 3 is 2.58 bits per heavy atom. The topological polar surface area (TPSA) is 77.6 Å². The van der Waals surface area contributed by atoms with Crippen molar-refractivity contribution < 1.29 is 19.1 Å². The molecule has 0 amide bonds. The second kappa shape index (κ2) is 6.94. The van der Waals surface area contributed by atoms with Crippen LogP contribution in [0, 0.1) is 0 Å². The molecule has 0 atom stereocenters. The molecule has 0 saturated carbocycles. The van der Waals surface area contributed by atoms with Crippen molar-refractivity contribution in [2.75, 3.05) is 14.2 Å². The summed E-state index contributed by atoms with van der Waals surface area (Å²) in [5.41, 5.74) is 1.52. The molecule has 0 saturated heterocycles. The molecule has 2 heterocycles. The molecule has 0 aliphatic rings. The Balaban J connectivity index is 1.94. The summed E-state index contributed by atoms with van der Waals surface area (Å²) in [5.74, 6) is 1.14. The van der Waals surface area contributed by atoms with Crippen LogP contribution in [0.3, 0.4) is 0 Å². The maximum absolute atomic E-state index is 9.93. The van der Waals surface area contributed by atoms with Crippen molar-refractivity contribution in [2.45, 2.75) is 0 Å². The van der Waals surface area contributed by atoms with Gasteiger partial charge in [-0.25, -0.2) is 0 Å². The van der Waals surface area contributed by atoms with E-state index in [1.165, 1.54) is 14.2 Å². The number of rotatable bonds is 5. The first-order valence-electron chi connectivity index (χ1n) is 6.81. The van der Waals surface area contributed by atoms with E-state index in [0.717, 1.165) is 5.56 Å². The van der Waals surface area contributed by atoms with Gasteiger partial charge in [0.1, 0.15) is 5.03 Å². The Bertz CT molecular complexity index is 849. The molecule has 0 unspecified atom stereocenters. The van der Waals surface area contributed by atoms with Crippen LogP contribution in [-0.2, 0) is 0 Å². The van der Waals surface area contributed by atoms with Gasteiger partial charge in [-0.1, -0.05) is 16.8 Å². The van der Waals surface area contributed by atoms with Crippen molar-refractivity contribution in [1.29, 1.82) is 0 Å². The highest BCUT2D eigenvalue weighted by Crippen LogP contribution is 2.38. The van der Waals surface area contributed by atoms with Gasteiger partial charge in [-0.3, -0.25) is 0 Å². The molecule has 0 spiro atoms. The lowest BCUT2D eigenvalue weighted by atomic mass is 10.1. The number of halogens is 1. The molecule has 6 nitrogen and oxygen atoms in total. The molecule has 1 aromatic carbocycles. The minimum Gasteiger partial charge on any atom is -0.502 e. The summed E-state index contributed by atoms with van der Waals surface area (Å²) in [6, 6.07) is 5.14. The average Bonchev–Trinajstić information content (AvgIpc) is 3.27. The van der Waals surface area contributed by atoms with Gasteiger partial charge in [-0.05, 0) is 35.2 Å². The Labute approximate surface area is 146 Å². The molecular weight excluding hydrogens is 352 g/mol. The lowest BCUT2D eigenvalue weighted by molar-refractivity contribution is 0.340. The number of aromatic nitrogens is 2. The van der Waals surface area contributed by atoms with E-state index in [4.69, 9.17) is 25.6 Å². The van der Waals surface area contributed by atoms with Gasteiger partial charge in [0.25, 0.3) is 5.89 Å². The van der Waals surface area contributed by atoms with E-state index >= 15 is 0 Å². The van der Waals surface area contributed by atoms with Crippen LogP contribution in [0.5, 0.6) is 17.2 Å². The number of hydrogen-bond acceptors (Lipinski definition) is 7. The predicted molar refractivity (Wildman–Crippen MR) is 92.5 cm³/mol. The third-order valence-electron chi connectivity index (χ3n) is 3.21. The van der Waals surface area contributed by atoms with Gasteiger partial charge < -0.3 is 19.1 Å². The predicted octanol–water partition coefficient (Wildman–Crippen LogP) is 4.26. The van der Waals surface area contributed by atoms with Crippen molar-refractivity contribution in [2.24, 2.45) is 0 Å². The highest BCUT2D eigenvalue weighted by Gasteiger charge is 2.14. The van der Waals surface area contributed by atoms with E-state index in [2.05, 4.69) is 10.1 Å². The van der Waals surface area contributed by atoms with Gasteiger partial charge in [0.15, 0.2) is 11.5 Å². The zero-order chi connectivity index (χ0) is 17.1. The monoisotopic (exact) mass is 364 g/mol. The number of ether oxygens (including phenoxy) is 2. The van der Waals surface area contributed by atoms with Crippen molar-refractivity contribution >= 4 is 34.0 Å². The SMILES string of the molecule is COc1cc(C=C(Cl)c2nc(-c3ccsc3)no2)cc(OC)c1O. The summed E-state index contributed by atoms with van der Waals surface area (Å²) < 4.78 is 15.4. The molecule has 0 aliphatic carbocycles. The fourth-order valence-corrected chi connectivity index (χ4v) is 2.87. The zero-order valence-electron chi connectivity index (χ0n) is 12.8. The summed E-state index contributed by atoms with van der Waals surface area (Å²) in [6.45, 7) is 0. The standard InChI is InChI=1S/C16H13ClN2O4S/c1-21-12-6-9(7-13(22-2)14(12)20)5-11(17)16-18-15(19-23-16)10-3-4-24-8-10/h3-8,20H,1-2H3. The minimum absolute atomic E-state index is 0.0780. The van der Waals surface area contributed by atoms with Gasteiger partial charge >= 0.3 is 0 Å². The average molecular weight is 365 g/mol. The molecule has 0 fully saturated rings. The molecule has 0 bridgehead atoms. The highest BCUT2D eigenvalue weighted by atomic mass is 35.5. The van der Waals surface area contributed by atoms with Gasteiger partial charge in [-0.15, -0.1) is 0 Å². The Morgan fingerprint density at radius 2 is 2.00 bits per heavy atom. The van der Waals surface area contributed by atoms with Crippen LogP contribution < -0.4 is 9.47 Å². The number of methoxy groups -OCH3 is 2. The zero-order valence-corrected chi connectivity index (χ0v) is 14.4. The molecule has 1 N–H and O–H groups in total. The number of aromatic hydroxyl groups is 1. The lowest BCUT2D eigenvalue weighted by Gasteiger charge is -2.09. The summed E-state index contributed by atoms with van der Waals surface area (Å²) in [4.78, 5) is 4.27.